The number of carbonyl (C=O) groups is 1. The third-order valence-electron chi connectivity index (χ3n) is 2.69. The molecule has 1 atom stereocenters. The Labute approximate surface area is 113 Å². The summed E-state index contributed by atoms with van der Waals surface area (Å²) >= 11 is 0. The molecule has 1 amide bonds. The molecule has 1 aromatic carbocycles. The van der Waals surface area contributed by atoms with Crippen LogP contribution in [0.1, 0.15) is 12.5 Å². The van der Waals surface area contributed by atoms with Crippen LogP contribution < -0.4 is 10.6 Å². The van der Waals surface area contributed by atoms with Crippen LogP contribution in [0.5, 0.6) is 0 Å². The second-order valence-electron chi connectivity index (χ2n) is 4.46. The predicted octanol–water partition coefficient (Wildman–Crippen LogP) is 1.11. The summed E-state index contributed by atoms with van der Waals surface area (Å²) in [5, 5.41) is 5.86. The average molecular weight is 268 g/mol. The van der Waals surface area contributed by atoms with E-state index >= 15 is 0 Å². The van der Waals surface area contributed by atoms with Crippen molar-refractivity contribution in [3.05, 3.63) is 35.6 Å². The molecule has 0 radical (unpaired) electrons. The highest BCUT2D eigenvalue weighted by Crippen LogP contribution is 2.05. The second kappa shape index (κ2) is 8.61. The van der Waals surface area contributed by atoms with E-state index < -0.39 is 0 Å². The summed E-state index contributed by atoms with van der Waals surface area (Å²) in [6.07, 6.45) is 0.756. The third-order valence-corrected chi connectivity index (χ3v) is 2.69. The van der Waals surface area contributed by atoms with Crippen molar-refractivity contribution in [3.8, 4) is 0 Å². The van der Waals surface area contributed by atoms with Gasteiger partial charge in [-0.25, -0.2) is 4.39 Å². The fourth-order valence-electron chi connectivity index (χ4n) is 1.67. The molecule has 0 aliphatic heterocycles. The maximum Gasteiger partial charge on any atom is 0.234 e. The maximum atomic E-state index is 12.7. The Hall–Kier alpha value is -1.46. The summed E-state index contributed by atoms with van der Waals surface area (Å²) < 4.78 is 17.6. The second-order valence-corrected chi connectivity index (χ2v) is 4.46. The largest absolute Gasteiger partial charge is 0.383 e. The summed E-state index contributed by atoms with van der Waals surface area (Å²) in [4.78, 5) is 11.4. The lowest BCUT2D eigenvalue weighted by atomic mass is 10.1. The Morgan fingerprint density at radius 1 is 1.37 bits per heavy atom. The van der Waals surface area contributed by atoms with E-state index in [-0.39, 0.29) is 24.3 Å². The zero-order chi connectivity index (χ0) is 14.1. The Kier molecular flexibility index (Phi) is 7.07. The molecule has 1 rings (SSSR count). The van der Waals surface area contributed by atoms with Crippen LogP contribution in [-0.2, 0) is 16.0 Å². The van der Waals surface area contributed by atoms with Gasteiger partial charge in [-0.3, -0.25) is 4.79 Å². The van der Waals surface area contributed by atoms with Crippen molar-refractivity contribution in [1.82, 2.24) is 10.6 Å². The number of benzene rings is 1. The van der Waals surface area contributed by atoms with Crippen molar-refractivity contribution in [2.24, 2.45) is 0 Å². The molecular weight excluding hydrogens is 247 g/mol. The van der Waals surface area contributed by atoms with Crippen LogP contribution in [0.3, 0.4) is 0 Å². The van der Waals surface area contributed by atoms with E-state index in [1.54, 1.807) is 19.2 Å². The molecule has 1 unspecified atom stereocenters. The fraction of sp³-hybridized carbons (Fsp3) is 0.500. The zero-order valence-electron chi connectivity index (χ0n) is 11.4. The van der Waals surface area contributed by atoms with E-state index in [1.165, 1.54) is 12.1 Å². The first kappa shape index (κ1) is 15.6. The van der Waals surface area contributed by atoms with E-state index in [2.05, 4.69) is 10.6 Å². The first-order chi connectivity index (χ1) is 9.11. The minimum atomic E-state index is -0.234. The van der Waals surface area contributed by atoms with E-state index in [0.717, 1.165) is 12.0 Å². The van der Waals surface area contributed by atoms with Gasteiger partial charge in [-0.15, -0.1) is 0 Å². The molecular formula is C14H21FN2O2. The molecule has 1 aromatic rings. The summed E-state index contributed by atoms with van der Waals surface area (Å²) in [5.74, 6) is -0.287. The highest BCUT2D eigenvalue weighted by molar-refractivity contribution is 5.77. The van der Waals surface area contributed by atoms with E-state index in [1.807, 2.05) is 6.92 Å². The van der Waals surface area contributed by atoms with E-state index in [9.17, 15) is 9.18 Å². The number of amides is 1. The molecule has 0 aliphatic carbocycles. The first-order valence-electron chi connectivity index (χ1n) is 6.35. The van der Waals surface area contributed by atoms with Crippen LogP contribution in [0.15, 0.2) is 24.3 Å². The van der Waals surface area contributed by atoms with Crippen LogP contribution >= 0.6 is 0 Å². The summed E-state index contributed by atoms with van der Waals surface area (Å²) in [6, 6.07) is 6.55. The van der Waals surface area contributed by atoms with Crippen LogP contribution in [0, 0.1) is 5.82 Å². The molecule has 4 nitrogen and oxygen atoms in total. The van der Waals surface area contributed by atoms with Gasteiger partial charge in [-0.2, -0.15) is 0 Å². The van der Waals surface area contributed by atoms with Gasteiger partial charge in [0.25, 0.3) is 0 Å². The van der Waals surface area contributed by atoms with Gasteiger partial charge in [-0.1, -0.05) is 12.1 Å². The predicted molar refractivity (Wildman–Crippen MR) is 72.5 cm³/mol. The van der Waals surface area contributed by atoms with Crippen LogP contribution in [0.4, 0.5) is 4.39 Å². The maximum absolute atomic E-state index is 12.7. The fourth-order valence-corrected chi connectivity index (χ4v) is 1.67. The highest BCUT2D eigenvalue weighted by Gasteiger charge is 2.06. The van der Waals surface area contributed by atoms with Gasteiger partial charge in [-0.05, 0) is 31.0 Å². The van der Waals surface area contributed by atoms with Gasteiger partial charge in [0.15, 0.2) is 0 Å². The molecule has 0 heterocycles. The molecule has 0 aromatic heterocycles. The van der Waals surface area contributed by atoms with Gasteiger partial charge in [0.2, 0.25) is 5.91 Å². The lowest BCUT2D eigenvalue weighted by molar-refractivity contribution is -0.120. The van der Waals surface area contributed by atoms with Crippen molar-refractivity contribution in [2.75, 3.05) is 26.8 Å². The number of ether oxygens (including phenoxy) is 1. The Morgan fingerprint density at radius 2 is 2.05 bits per heavy atom. The number of nitrogens with one attached hydrogen (secondary N) is 2. The van der Waals surface area contributed by atoms with Crippen LogP contribution in [0.2, 0.25) is 0 Å². The molecule has 0 bridgehead atoms. The number of hydrogen-bond acceptors (Lipinski definition) is 3. The number of hydrogen-bond donors (Lipinski definition) is 2. The van der Waals surface area contributed by atoms with Crippen molar-refractivity contribution in [2.45, 2.75) is 19.4 Å². The lowest BCUT2D eigenvalue weighted by Gasteiger charge is -2.13. The van der Waals surface area contributed by atoms with E-state index in [0.29, 0.717) is 13.2 Å². The van der Waals surface area contributed by atoms with Crippen molar-refractivity contribution in [1.29, 1.82) is 0 Å². The Balaban J connectivity index is 2.22. The normalized spacial score (nSPS) is 12.2. The molecule has 0 saturated heterocycles. The lowest BCUT2D eigenvalue weighted by Crippen LogP contribution is -2.39. The Morgan fingerprint density at radius 3 is 2.68 bits per heavy atom. The standard InChI is InChI=1S/C14H21FN2O2/c1-11(9-12-3-5-13(15)6-4-12)17-10-14(18)16-7-8-19-2/h3-6,11,17H,7-10H2,1-2H3,(H,16,18). The van der Waals surface area contributed by atoms with Gasteiger partial charge in [0.05, 0.1) is 13.2 Å². The number of methoxy groups -OCH3 is 1. The molecule has 2 N–H and O–H groups in total. The molecule has 19 heavy (non-hydrogen) atoms. The summed E-state index contributed by atoms with van der Waals surface area (Å²) in [6.45, 7) is 3.29. The topological polar surface area (TPSA) is 50.4 Å². The number of halogens is 1. The van der Waals surface area contributed by atoms with Gasteiger partial charge < -0.3 is 15.4 Å². The average Bonchev–Trinajstić information content (AvgIpc) is 2.39. The first-order valence-corrected chi connectivity index (χ1v) is 6.35. The van der Waals surface area contributed by atoms with Crippen molar-refractivity contribution in [3.63, 3.8) is 0 Å². The summed E-state index contributed by atoms with van der Waals surface area (Å²) in [7, 11) is 1.59. The number of carbonyl (C=O) groups excluding carboxylic acids is 1. The Bertz CT molecular complexity index is 382. The highest BCUT2D eigenvalue weighted by atomic mass is 19.1. The third kappa shape index (κ3) is 6.88. The van der Waals surface area contributed by atoms with Crippen LogP contribution in [0.25, 0.3) is 0 Å². The molecule has 0 saturated carbocycles. The monoisotopic (exact) mass is 268 g/mol. The SMILES string of the molecule is COCCNC(=O)CNC(C)Cc1ccc(F)cc1. The zero-order valence-corrected chi connectivity index (χ0v) is 11.4. The van der Waals surface area contributed by atoms with E-state index in [4.69, 9.17) is 4.74 Å². The summed E-state index contributed by atoms with van der Waals surface area (Å²) in [5.41, 5.74) is 1.04. The minimum Gasteiger partial charge on any atom is -0.383 e. The minimum absolute atomic E-state index is 0.0528. The number of rotatable bonds is 8. The molecule has 0 fully saturated rings. The quantitative estimate of drug-likeness (QED) is 0.694. The molecule has 0 aliphatic rings. The van der Waals surface area contributed by atoms with Crippen molar-refractivity contribution < 1.29 is 13.9 Å². The van der Waals surface area contributed by atoms with Gasteiger partial charge in [0.1, 0.15) is 5.82 Å². The molecule has 5 heteroatoms. The molecule has 0 spiro atoms. The van der Waals surface area contributed by atoms with Gasteiger partial charge in [0, 0.05) is 19.7 Å². The smallest absolute Gasteiger partial charge is 0.234 e. The molecule has 106 valence electrons. The van der Waals surface area contributed by atoms with Crippen LogP contribution in [-0.4, -0.2) is 38.8 Å². The van der Waals surface area contributed by atoms with Crippen molar-refractivity contribution >= 4 is 5.91 Å². The van der Waals surface area contributed by atoms with Gasteiger partial charge >= 0.3 is 0 Å².